The lowest BCUT2D eigenvalue weighted by atomic mass is 10.4. The molecular weight excluding hydrogens is 250 g/mol. The number of hydrogen-bond donors (Lipinski definition) is 0. The summed E-state index contributed by atoms with van der Waals surface area (Å²) in [5, 5.41) is 0. The molecule has 88 valence electrons. The van der Waals surface area contributed by atoms with Gasteiger partial charge in [0.15, 0.2) is 0 Å². The molecule has 0 aliphatic carbocycles. The Balaban J connectivity index is 2.49. The second kappa shape index (κ2) is 3.83. The summed E-state index contributed by atoms with van der Waals surface area (Å²) in [6.07, 6.45) is 0.356. The topological polar surface area (TPSA) is 71.5 Å². The second-order valence-electron chi connectivity index (χ2n) is 3.48. The van der Waals surface area contributed by atoms with Crippen molar-refractivity contribution in [3.05, 3.63) is 30.3 Å². The van der Waals surface area contributed by atoms with Crippen molar-refractivity contribution in [2.24, 2.45) is 0 Å². The molecule has 0 bridgehead atoms. The van der Waals surface area contributed by atoms with Gasteiger partial charge in [0.05, 0.1) is 10.6 Å². The number of rotatable bonds is 2. The maximum absolute atomic E-state index is 12.0. The fourth-order valence-electron chi connectivity index (χ4n) is 1.60. The van der Waals surface area contributed by atoms with E-state index in [1.54, 1.807) is 18.2 Å². The van der Waals surface area contributed by atoms with Crippen molar-refractivity contribution in [1.82, 2.24) is 3.71 Å². The zero-order valence-electron chi connectivity index (χ0n) is 8.40. The quantitative estimate of drug-likeness (QED) is 0.773. The van der Waals surface area contributed by atoms with Gasteiger partial charge in [0.25, 0.3) is 10.0 Å². The number of sulfonamides is 2. The van der Waals surface area contributed by atoms with E-state index in [0.717, 1.165) is 0 Å². The molecule has 1 aliphatic heterocycles. The van der Waals surface area contributed by atoms with Crippen LogP contribution in [0.15, 0.2) is 35.2 Å². The van der Waals surface area contributed by atoms with Gasteiger partial charge in [-0.05, 0) is 18.6 Å². The van der Waals surface area contributed by atoms with Crippen LogP contribution in [-0.4, -0.2) is 32.8 Å². The first-order chi connectivity index (χ1) is 7.44. The fraction of sp³-hybridized carbons (Fsp3) is 0.333. The third kappa shape index (κ3) is 1.85. The number of nitrogens with zero attached hydrogens (tertiary/aromatic N) is 1. The highest BCUT2D eigenvalue weighted by atomic mass is 32.3. The van der Waals surface area contributed by atoms with Gasteiger partial charge < -0.3 is 0 Å². The molecule has 5 nitrogen and oxygen atoms in total. The lowest BCUT2D eigenvalue weighted by Gasteiger charge is -2.14. The van der Waals surface area contributed by atoms with Crippen LogP contribution < -0.4 is 0 Å². The van der Waals surface area contributed by atoms with Gasteiger partial charge in [0, 0.05) is 6.54 Å². The van der Waals surface area contributed by atoms with Crippen LogP contribution in [0.25, 0.3) is 0 Å². The van der Waals surface area contributed by atoms with Crippen molar-refractivity contribution in [1.29, 1.82) is 0 Å². The molecule has 1 heterocycles. The van der Waals surface area contributed by atoms with Crippen LogP contribution in [0.2, 0.25) is 0 Å². The first-order valence-corrected chi connectivity index (χ1v) is 7.80. The van der Waals surface area contributed by atoms with E-state index in [1.807, 2.05) is 0 Å². The van der Waals surface area contributed by atoms with E-state index in [9.17, 15) is 16.8 Å². The van der Waals surface area contributed by atoms with Crippen molar-refractivity contribution in [3.63, 3.8) is 0 Å². The Kier molecular flexibility index (Phi) is 2.77. The van der Waals surface area contributed by atoms with Crippen molar-refractivity contribution < 1.29 is 16.8 Å². The third-order valence-electron chi connectivity index (χ3n) is 2.36. The van der Waals surface area contributed by atoms with Crippen LogP contribution in [0.5, 0.6) is 0 Å². The lowest BCUT2D eigenvalue weighted by molar-refractivity contribution is 0.519. The molecule has 1 saturated heterocycles. The van der Waals surface area contributed by atoms with E-state index >= 15 is 0 Å². The van der Waals surface area contributed by atoms with Gasteiger partial charge in [-0.2, -0.15) is 0 Å². The highest BCUT2D eigenvalue weighted by Gasteiger charge is 2.38. The normalized spacial score (nSPS) is 21.0. The molecule has 1 fully saturated rings. The predicted molar refractivity (Wildman–Crippen MR) is 58.7 cm³/mol. The van der Waals surface area contributed by atoms with Crippen LogP contribution in [0, 0.1) is 0 Å². The summed E-state index contributed by atoms with van der Waals surface area (Å²) in [7, 11) is -7.55. The van der Waals surface area contributed by atoms with Gasteiger partial charge in [-0.3, -0.25) is 0 Å². The van der Waals surface area contributed by atoms with E-state index in [4.69, 9.17) is 0 Å². The molecule has 7 heteroatoms. The zero-order valence-corrected chi connectivity index (χ0v) is 10.0. The van der Waals surface area contributed by atoms with Crippen LogP contribution >= 0.6 is 0 Å². The van der Waals surface area contributed by atoms with Crippen molar-refractivity contribution in [3.8, 4) is 0 Å². The Morgan fingerprint density at radius 3 is 2.25 bits per heavy atom. The monoisotopic (exact) mass is 261 g/mol. The molecule has 0 N–H and O–H groups in total. The smallest absolute Gasteiger partial charge is 0.211 e. The van der Waals surface area contributed by atoms with Gasteiger partial charge >= 0.3 is 0 Å². The molecule has 0 unspecified atom stereocenters. The Morgan fingerprint density at radius 2 is 1.75 bits per heavy atom. The minimum Gasteiger partial charge on any atom is -0.211 e. The van der Waals surface area contributed by atoms with Gasteiger partial charge in [-0.15, -0.1) is 0 Å². The summed E-state index contributed by atoms with van der Waals surface area (Å²) in [6.45, 7) is 0.0412. The van der Waals surface area contributed by atoms with Gasteiger partial charge in [-0.1, -0.05) is 21.9 Å². The zero-order chi connectivity index (χ0) is 11.8. The average Bonchev–Trinajstić information content (AvgIpc) is 2.60. The predicted octanol–water partition coefficient (Wildman–Crippen LogP) is 0.411. The molecule has 1 aromatic carbocycles. The maximum atomic E-state index is 12.0. The third-order valence-corrected chi connectivity index (χ3v) is 6.83. The van der Waals surface area contributed by atoms with Gasteiger partial charge in [-0.25, -0.2) is 16.8 Å². The largest absolute Gasteiger partial charge is 0.256 e. The summed E-state index contributed by atoms with van der Waals surface area (Å²) < 4.78 is 47.6. The summed E-state index contributed by atoms with van der Waals surface area (Å²) in [5.74, 6) is -0.0982. The van der Waals surface area contributed by atoms with Crippen LogP contribution in [0.4, 0.5) is 0 Å². The molecular formula is C9H11NO4S2. The molecule has 1 aliphatic rings. The van der Waals surface area contributed by atoms with E-state index < -0.39 is 20.0 Å². The Labute approximate surface area is 94.8 Å². The Hall–Kier alpha value is -0.920. The molecule has 0 radical (unpaired) electrons. The fourth-order valence-corrected chi connectivity index (χ4v) is 5.48. The SMILES string of the molecule is O=S1(=O)CCCN1S(=O)(=O)c1ccccc1. The van der Waals surface area contributed by atoms with E-state index in [-0.39, 0.29) is 17.2 Å². The molecule has 0 atom stereocenters. The summed E-state index contributed by atoms with van der Waals surface area (Å²) >= 11 is 0. The molecule has 0 amide bonds. The standard InChI is InChI=1S/C9H11NO4S2/c11-15(12)8-4-7-10(15)16(13,14)9-5-2-1-3-6-9/h1-3,5-6H,4,7-8H2. The van der Waals surface area contributed by atoms with Gasteiger partial charge in [0.1, 0.15) is 0 Å². The van der Waals surface area contributed by atoms with Crippen molar-refractivity contribution >= 4 is 20.0 Å². The van der Waals surface area contributed by atoms with Gasteiger partial charge in [0.2, 0.25) is 10.0 Å². The number of benzene rings is 1. The Morgan fingerprint density at radius 1 is 1.12 bits per heavy atom. The minimum absolute atomic E-state index is 0.0143. The number of hydrogen-bond acceptors (Lipinski definition) is 4. The van der Waals surface area contributed by atoms with Crippen LogP contribution in [-0.2, 0) is 20.0 Å². The minimum atomic E-state index is -3.90. The molecule has 1 aromatic rings. The van der Waals surface area contributed by atoms with Crippen molar-refractivity contribution in [2.45, 2.75) is 11.3 Å². The van der Waals surface area contributed by atoms with E-state index in [2.05, 4.69) is 0 Å². The Bertz CT molecular complexity index is 577. The van der Waals surface area contributed by atoms with E-state index in [0.29, 0.717) is 10.1 Å². The maximum Gasteiger partial charge on any atom is 0.256 e. The lowest BCUT2D eigenvalue weighted by Crippen LogP contribution is -2.32. The molecule has 16 heavy (non-hydrogen) atoms. The summed E-state index contributed by atoms with van der Waals surface area (Å²) in [4.78, 5) is 0.0143. The first-order valence-electron chi connectivity index (χ1n) is 4.75. The van der Waals surface area contributed by atoms with E-state index in [1.165, 1.54) is 12.1 Å². The summed E-state index contributed by atoms with van der Waals surface area (Å²) in [6, 6.07) is 7.59. The molecule has 0 aromatic heterocycles. The second-order valence-corrected chi connectivity index (χ2v) is 7.59. The highest BCUT2D eigenvalue weighted by Crippen LogP contribution is 2.23. The molecule has 0 spiro atoms. The van der Waals surface area contributed by atoms with Crippen molar-refractivity contribution in [2.75, 3.05) is 12.3 Å². The average molecular weight is 261 g/mol. The van der Waals surface area contributed by atoms with Crippen LogP contribution in [0.1, 0.15) is 6.42 Å². The highest BCUT2D eigenvalue weighted by molar-refractivity contribution is 8.04. The first kappa shape index (κ1) is 11.6. The molecule has 0 saturated carbocycles. The summed E-state index contributed by atoms with van der Waals surface area (Å²) in [5.41, 5.74) is 0. The van der Waals surface area contributed by atoms with Crippen LogP contribution in [0.3, 0.4) is 0 Å². The molecule has 2 rings (SSSR count).